The van der Waals surface area contributed by atoms with Gasteiger partial charge in [-0.3, -0.25) is 9.69 Å². The van der Waals surface area contributed by atoms with Crippen molar-refractivity contribution in [3.8, 4) is 5.75 Å². The third-order valence-electron chi connectivity index (χ3n) is 6.87. The molecule has 9 nitrogen and oxygen atoms in total. The first-order valence-electron chi connectivity index (χ1n) is 12.3. The molecule has 1 saturated heterocycles. The van der Waals surface area contributed by atoms with Crippen molar-refractivity contribution in [2.45, 2.75) is 59.0 Å². The molecular formula is C27H32N6O3. The van der Waals surface area contributed by atoms with Crippen LogP contribution in [0.5, 0.6) is 5.75 Å². The van der Waals surface area contributed by atoms with Crippen LogP contribution >= 0.6 is 0 Å². The van der Waals surface area contributed by atoms with Gasteiger partial charge in [0.1, 0.15) is 5.75 Å². The molecule has 1 aliphatic heterocycles. The summed E-state index contributed by atoms with van der Waals surface area (Å²) in [6.07, 6.45) is 2.22. The second-order valence-corrected chi connectivity index (χ2v) is 9.55. The molecule has 9 heteroatoms. The van der Waals surface area contributed by atoms with Gasteiger partial charge in [0.25, 0.3) is 5.56 Å². The Hall–Kier alpha value is -3.56. The van der Waals surface area contributed by atoms with Gasteiger partial charge in [0, 0.05) is 30.8 Å². The predicted octanol–water partition coefficient (Wildman–Crippen LogP) is 3.52. The van der Waals surface area contributed by atoms with E-state index in [2.05, 4.69) is 45.3 Å². The van der Waals surface area contributed by atoms with Gasteiger partial charge in [-0.1, -0.05) is 12.1 Å². The van der Waals surface area contributed by atoms with Crippen molar-refractivity contribution in [1.29, 1.82) is 0 Å². The number of benzene rings is 2. The molecule has 0 unspecified atom stereocenters. The fraction of sp³-hybridized carbons (Fsp3) is 0.407. The number of methoxy groups -OCH3 is 1. The average molecular weight is 489 g/mol. The van der Waals surface area contributed by atoms with Crippen molar-refractivity contribution < 1.29 is 9.47 Å². The van der Waals surface area contributed by atoms with Crippen LogP contribution in [-0.4, -0.2) is 49.9 Å². The molecule has 3 heterocycles. The zero-order valence-electron chi connectivity index (χ0n) is 21.0. The minimum atomic E-state index is -0.0792. The molecule has 1 fully saturated rings. The maximum atomic E-state index is 13.0. The lowest BCUT2D eigenvalue weighted by atomic mass is 10.0. The number of ether oxygens (including phenoxy) is 2. The largest absolute Gasteiger partial charge is 0.497 e. The number of aryl methyl sites for hydroxylation is 2. The standard InChI is InChI=1S/C27H32N6O3/c1-18-11-21-13-22(27(34)28-25(21)12-19(18)2)15-32(14-20-6-8-23(35-3)9-7-20)17-26-29-30-31-33(26)16-24-5-4-10-36-24/h6-9,11-13,24H,4-5,10,14-17H2,1-3H3,(H,28,34)/t24-/m0/s1. The summed E-state index contributed by atoms with van der Waals surface area (Å²) < 4.78 is 12.9. The number of tetrazole rings is 1. The van der Waals surface area contributed by atoms with Gasteiger partial charge in [-0.15, -0.1) is 5.10 Å². The van der Waals surface area contributed by atoms with E-state index in [0.29, 0.717) is 31.7 Å². The van der Waals surface area contributed by atoms with Gasteiger partial charge in [-0.05, 0) is 89.5 Å². The molecule has 188 valence electrons. The van der Waals surface area contributed by atoms with Crippen LogP contribution in [0, 0.1) is 13.8 Å². The number of pyridine rings is 1. The predicted molar refractivity (Wildman–Crippen MR) is 137 cm³/mol. The SMILES string of the molecule is COc1ccc(CN(Cc2cc3cc(C)c(C)cc3[nH]c2=O)Cc2nnnn2C[C@@H]2CCCO2)cc1. The van der Waals surface area contributed by atoms with E-state index in [1.54, 1.807) is 7.11 Å². The number of nitrogens with one attached hydrogen (secondary N) is 1. The van der Waals surface area contributed by atoms with E-state index in [-0.39, 0.29) is 11.7 Å². The maximum absolute atomic E-state index is 13.0. The van der Waals surface area contributed by atoms with Crippen molar-refractivity contribution >= 4 is 10.9 Å². The van der Waals surface area contributed by atoms with Crippen molar-refractivity contribution in [1.82, 2.24) is 30.1 Å². The van der Waals surface area contributed by atoms with E-state index in [9.17, 15) is 4.79 Å². The maximum Gasteiger partial charge on any atom is 0.252 e. The van der Waals surface area contributed by atoms with Crippen LogP contribution in [0.4, 0.5) is 0 Å². The zero-order chi connectivity index (χ0) is 25.1. The Bertz CT molecular complexity index is 1390. The lowest BCUT2D eigenvalue weighted by Gasteiger charge is -2.22. The highest BCUT2D eigenvalue weighted by atomic mass is 16.5. The topological polar surface area (TPSA) is 98.2 Å². The minimum Gasteiger partial charge on any atom is -0.497 e. The first-order valence-corrected chi connectivity index (χ1v) is 12.3. The highest BCUT2D eigenvalue weighted by Gasteiger charge is 2.21. The number of nitrogens with zero attached hydrogens (tertiary/aromatic N) is 5. The third kappa shape index (κ3) is 5.47. The number of aromatic nitrogens is 5. The molecule has 0 saturated carbocycles. The Kier molecular flexibility index (Phi) is 7.11. The van der Waals surface area contributed by atoms with Crippen LogP contribution in [0.25, 0.3) is 10.9 Å². The summed E-state index contributed by atoms with van der Waals surface area (Å²) in [5, 5.41) is 13.5. The summed E-state index contributed by atoms with van der Waals surface area (Å²) in [6, 6.07) is 14.1. The molecule has 1 N–H and O–H groups in total. The summed E-state index contributed by atoms with van der Waals surface area (Å²) >= 11 is 0. The zero-order valence-corrected chi connectivity index (χ0v) is 21.0. The Morgan fingerprint density at radius 3 is 2.67 bits per heavy atom. The number of hydrogen-bond acceptors (Lipinski definition) is 7. The molecule has 5 rings (SSSR count). The number of H-pyrrole nitrogens is 1. The van der Waals surface area contributed by atoms with Gasteiger partial charge >= 0.3 is 0 Å². The summed E-state index contributed by atoms with van der Waals surface area (Å²) in [4.78, 5) is 18.3. The number of rotatable bonds is 9. The van der Waals surface area contributed by atoms with E-state index >= 15 is 0 Å². The number of aromatic amines is 1. The van der Waals surface area contributed by atoms with E-state index in [4.69, 9.17) is 9.47 Å². The number of hydrogen-bond donors (Lipinski definition) is 1. The third-order valence-corrected chi connectivity index (χ3v) is 6.87. The van der Waals surface area contributed by atoms with E-state index < -0.39 is 0 Å². The Balaban J connectivity index is 1.43. The Morgan fingerprint density at radius 2 is 1.92 bits per heavy atom. The molecule has 1 aliphatic rings. The van der Waals surface area contributed by atoms with E-state index in [0.717, 1.165) is 53.1 Å². The molecule has 2 aromatic heterocycles. The van der Waals surface area contributed by atoms with Crippen LogP contribution < -0.4 is 10.3 Å². The monoisotopic (exact) mass is 488 g/mol. The molecule has 0 bridgehead atoms. The molecule has 0 radical (unpaired) electrons. The molecular weight excluding hydrogens is 456 g/mol. The van der Waals surface area contributed by atoms with Crippen LogP contribution in [0.1, 0.15) is 40.9 Å². The molecule has 0 aliphatic carbocycles. The van der Waals surface area contributed by atoms with Crippen LogP contribution in [0.15, 0.2) is 47.3 Å². The fourth-order valence-electron chi connectivity index (χ4n) is 4.70. The number of fused-ring (bicyclic) bond motifs is 1. The second kappa shape index (κ2) is 10.6. The van der Waals surface area contributed by atoms with Gasteiger partial charge in [0.05, 0.1) is 26.3 Å². The van der Waals surface area contributed by atoms with Crippen molar-refractivity contribution in [2.24, 2.45) is 0 Å². The van der Waals surface area contributed by atoms with E-state index in [1.807, 2.05) is 41.1 Å². The van der Waals surface area contributed by atoms with Gasteiger partial charge in [0.2, 0.25) is 0 Å². The molecule has 36 heavy (non-hydrogen) atoms. The van der Waals surface area contributed by atoms with Crippen LogP contribution in [0.2, 0.25) is 0 Å². The Morgan fingerprint density at radius 1 is 1.11 bits per heavy atom. The lowest BCUT2D eigenvalue weighted by Crippen LogP contribution is -2.29. The first-order chi connectivity index (χ1) is 17.5. The Labute approximate surface area is 210 Å². The average Bonchev–Trinajstić information content (AvgIpc) is 3.54. The quantitative estimate of drug-likeness (QED) is 0.385. The first kappa shape index (κ1) is 24.1. The van der Waals surface area contributed by atoms with Gasteiger partial charge < -0.3 is 14.5 Å². The fourth-order valence-corrected chi connectivity index (χ4v) is 4.70. The molecule has 0 spiro atoms. The highest BCUT2D eigenvalue weighted by Crippen LogP contribution is 2.20. The van der Waals surface area contributed by atoms with Gasteiger partial charge in [0.15, 0.2) is 5.82 Å². The molecule has 1 atom stereocenters. The molecule has 2 aromatic carbocycles. The lowest BCUT2D eigenvalue weighted by molar-refractivity contribution is 0.0914. The normalized spacial score (nSPS) is 15.7. The molecule has 4 aromatic rings. The van der Waals surface area contributed by atoms with Crippen molar-refractivity contribution in [3.63, 3.8) is 0 Å². The van der Waals surface area contributed by atoms with Gasteiger partial charge in [-0.2, -0.15) is 0 Å². The summed E-state index contributed by atoms with van der Waals surface area (Å²) in [5.74, 6) is 1.56. The minimum absolute atomic E-state index is 0.0792. The van der Waals surface area contributed by atoms with Crippen molar-refractivity contribution in [3.05, 3.63) is 80.9 Å². The summed E-state index contributed by atoms with van der Waals surface area (Å²) in [6.45, 7) is 7.14. The van der Waals surface area contributed by atoms with E-state index in [1.165, 1.54) is 5.56 Å². The molecule has 0 amide bonds. The summed E-state index contributed by atoms with van der Waals surface area (Å²) in [5.41, 5.74) is 4.95. The van der Waals surface area contributed by atoms with Gasteiger partial charge in [-0.25, -0.2) is 4.68 Å². The van der Waals surface area contributed by atoms with Crippen LogP contribution in [0.3, 0.4) is 0 Å². The smallest absolute Gasteiger partial charge is 0.252 e. The second-order valence-electron chi connectivity index (χ2n) is 9.55. The highest BCUT2D eigenvalue weighted by molar-refractivity contribution is 5.80. The van der Waals surface area contributed by atoms with Crippen LogP contribution in [-0.2, 0) is 30.9 Å². The summed E-state index contributed by atoms with van der Waals surface area (Å²) in [7, 11) is 1.66. The van der Waals surface area contributed by atoms with Crippen molar-refractivity contribution in [2.75, 3.05) is 13.7 Å².